The molecule has 1 aromatic carbocycles. The third-order valence-electron chi connectivity index (χ3n) is 5.12. The summed E-state index contributed by atoms with van der Waals surface area (Å²) < 4.78 is 5.34. The Hall–Kier alpha value is -1.70. The van der Waals surface area contributed by atoms with Crippen LogP contribution in [0, 0.1) is 10.1 Å². The molecule has 0 aromatic heterocycles. The Balaban J connectivity index is 1.58. The van der Waals surface area contributed by atoms with Gasteiger partial charge in [-0.25, -0.2) is 0 Å². The average molecular weight is 348 g/mol. The van der Waals surface area contributed by atoms with Crippen molar-refractivity contribution in [2.45, 2.75) is 12.8 Å². The molecule has 1 aromatic rings. The minimum absolute atomic E-state index is 0.221. The summed E-state index contributed by atoms with van der Waals surface area (Å²) in [5.74, 6) is 0. The molecule has 2 heterocycles. The van der Waals surface area contributed by atoms with Gasteiger partial charge in [0.15, 0.2) is 0 Å². The Morgan fingerprint density at radius 3 is 2.52 bits per heavy atom. The van der Waals surface area contributed by atoms with Crippen LogP contribution >= 0.6 is 0 Å². The van der Waals surface area contributed by atoms with Crippen molar-refractivity contribution in [1.82, 2.24) is 9.80 Å². The highest BCUT2D eigenvalue weighted by Crippen LogP contribution is 2.30. The van der Waals surface area contributed by atoms with Crippen LogP contribution in [0.15, 0.2) is 18.2 Å². The zero-order valence-corrected chi connectivity index (χ0v) is 15.0. The second kappa shape index (κ2) is 8.60. The molecule has 0 N–H and O–H groups in total. The predicted octanol–water partition coefficient (Wildman–Crippen LogP) is 1.61. The number of hydrogen-bond donors (Lipinski definition) is 0. The number of rotatable bonds is 6. The van der Waals surface area contributed by atoms with Gasteiger partial charge in [-0.3, -0.25) is 10.1 Å². The molecule has 0 aliphatic carbocycles. The minimum Gasteiger partial charge on any atom is -0.378 e. The maximum atomic E-state index is 11.5. The molecule has 0 spiro atoms. The number of morpholine rings is 1. The van der Waals surface area contributed by atoms with Crippen molar-refractivity contribution in [1.29, 1.82) is 0 Å². The van der Waals surface area contributed by atoms with Gasteiger partial charge in [0.2, 0.25) is 0 Å². The lowest BCUT2D eigenvalue weighted by molar-refractivity contribution is -0.384. The van der Waals surface area contributed by atoms with Crippen molar-refractivity contribution in [3.8, 4) is 0 Å². The van der Waals surface area contributed by atoms with Crippen LogP contribution in [-0.4, -0.2) is 80.8 Å². The van der Waals surface area contributed by atoms with Crippen LogP contribution in [0.1, 0.15) is 12.0 Å². The first-order valence-electron chi connectivity index (χ1n) is 9.14. The Morgan fingerprint density at radius 2 is 1.84 bits per heavy atom. The summed E-state index contributed by atoms with van der Waals surface area (Å²) in [4.78, 5) is 18.1. The average Bonchev–Trinajstić information content (AvgIpc) is 2.64. The first-order valence-corrected chi connectivity index (χ1v) is 9.14. The number of ether oxygens (including phenoxy) is 1. The van der Waals surface area contributed by atoms with Crippen molar-refractivity contribution < 1.29 is 9.66 Å². The van der Waals surface area contributed by atoms with Gasteiger partial charge in [-0.2, -0.15) is 0 Å². The second-order valence-corrected chi connectivity index (χ2v) is 6.93. The van der Waals surface area contributed by atoms with Crippen LogP contribution < -0.4 is 4.90 Å². The zero-order valence-electron chi connectivity index (χ0n) is 15.0. The molecular weight excluding hydrogens is 320 g/mol. The molecule has 0 amide bonds. The molecule has 0 radical (unpaired) electrons. The van der Waals surface area contributed by atoms with E-state index in [1.807, 2.05) is 12.1 Å². The molecule has 2 saturated heterocycles. The van der Waals surface area contributed by atoms with Crippen molar-refractivity contribution in [3.05, 3.63) is 33.9 Å². The normalized spacial score (nSPS) is 20.0. The summed E-state index contributed by atoms with van der Waals surface area (Å²) in [5, 5.41) is 11.5. The van der Waals surface area contributed by atoms with E-state index in [9.17, 15) is 10.1 Å². The van der Waals surface area contributed by atoms with Crippen molar-refractivity contribution in [3.63, 3.8) is 0 Å². The quantitative estimate of drug-likeness (QED) is 0.575. The molecule has 0 bridgehead atoms. The lowest BCUT2D eigenvalue weighted by Gasteiger charge is -2.32. The predicted molar refractivity (Wildman–Crippen MR) is 98.4 cm³/mol. The van der Waals surface area contributed by atoms with E-state index in [-0.39, 0.29) is 10.6 Å². The zero-order chi connectivity index (χ0) is 17.6. The lowest BCUT2D eigenvalue weighted by Crippen LogP contribution is -2.44. The molecule has 0 atom stereocenters. The van der Waals surface area contributed by atoms with Gasteiger partial charge in [0.25, 0.3) is 5.69 Å². The Labute approximate surface area is 149 Å². The lowest BCUT2D eigenvalue weighted by atomic mass is 10.1. The number of hydrogen-bond acceptors (Lipinski definition) is 6. The molecule has 138 valence electrons. The van der Waals surface area contributed by atoms with Gasteiger partial charge in [-0.05, 0) is 38.1 Å². The monoisotopic (exact) mass is 348 g/mol. The highest BCUT2D eigenvalue weighted by atomic mass is 16.6. The van der Waals surface area contributed by atoms with Crippen LogP contribution in [0.3, 0.4) is 0 Å². The summed E-state index contributed by atoms with van der Waals surface area (Å²) in [7, 11) is 2.16. The highest BCUT2D eigenvalue weighted by molar-refractivity contribution is 5.64. The smallest absolute Gasteiger partial charge is 0.292 e. The molecule has 2 fully saturated rings. The SMILES string of the molecule is CN1CCN(CCCc2ccc(N3CCOCC3)c([N+](=O)[O-])c2)CC1. The summed E-state index contributed by atoms with van der Waals surface area (Å²) >= 11 is 0. The summed E-state index contributed by atoms with van der Waals surface area (Å²) in [5.41, 5.74) is 1.99. The molecule has 0 unspecified atom stereocenters. The Morgan fingerprint density at radius 1 is 1.12 bits per heavy atom. The topological polar surface area (TPSA) is 62.1 Å². The highest BCUT2D eigenvalue weighted by Gasteiger charge is 2.22. The first-order chi connectivity index (χ1) is 12.1. The van der Waals surface area contributed by atoms with E-state index in [0.29, 0.717) is 26.3 Å². The van der Waals surface area contributed by atoms with Crippen LogP contribution in [0.4, 0.5) is 11.4 Å². The summed E-state index contributed by atoms with van der Waals surface area (Å²) in [6.07, 6.45) is 1.92. The third kappa shape index (κ3) is 4.90. The van der Waals surface area contributed by atoms with Crippen LogP contribution in [0.25, 0.3) is 0 Å². The van der Waals surface area contributed by atoms with Gasteiger partial charge in [-0.1, -0.05) is 6.07 Å². The van der Waals surface area contributed by atoms with Gasteiger partial charge in [0, 0.05) is 45.3 Å². The van der Waals surface area contributed by atoms with Gasteiger partial charge >= 0.3 is 0 Å². The second-order valence-electron chi connectivity index (χ2n) is 6.93. The van der Waals surface area contributed by atoms with Crippen molar-refractivity contribution in [2.24, 2.45) is 0 Å². The fourth-order valence-corrected chi connectivity index (χ4v) is 3.52. The number of aryl methyl sites for hydroxylation is 1. The van der Waals surface area contributed by atoms with E-state index in [1.54, 1.807) is 6.07 Å². The minimum atomic E-state index is -0.255. The standard InChI is InChI=1S/C18H28N4O3/c1-19-7-9-20(10-8-19)6-2-3-16-4-5-17(18(15-16)22(23)24)21-11-13-25-14-12-21/h4-5,15H,2-3,6-14H2,1H3. The van der Waals surface area contributed by atoms with Crippen molar-refractivity contribution in [2.75, 3.05) is 71.0 Å². The van der Waals surface area contributed by atoms with E-state index in [4.69, 9.17) is 4.74 Å². The Kier molecular flexibility index (Phi) is 6.23. The fourth-order valence-electron chi connectivity index (χ4n) is 3.52. The van der Waals surface area contributed by atoms with E-state index in [1.165, 1.54) is 0 Å². The fraction of sp³-hybridized carbons (Fsp3) is 0.667. The molecule has 2 aliphatic rings. The number of benzene rings is 1. The molecular formula is C18H28N4O3. The molecule has 25 heavy (non-hydrogen) atoms. The van der Waals surface area contributed by atoms with Gasteiger partial charge in [-0.15, -0.1) is 0 Å². The number of nitrogens with zero attached hydrogens (tertiary/aromatic N) is 4. The van der Waals surface area contributed by atoms with E-state index >= 15 is 0 Å². The summed E-state index contributed by atoms with van der Waals surface area (Å²) in [6, 6.07) is 5.71. The summed E-state index contributed by atoms with van der Waals surface area (Å²) in [6.45, 7) is 8.23. The molecule has 0 saturated carbocycles. The largest absolute Gasteiger partial charge is 0.378 e. The maximum absolute atomic E-state index is 11.5. The molecule has 7 nitrogen and oxygen atoms in total. The number of likely N-dealkylation sites (N-methyl/N-ethyl adjacent to an activating group) is 1. The van der Waals surface area contributed by atoms with Crippen LogP contribution in [-0.2, 0) is 11.2 Å². The van der Waals surface area contributed by atoms with E-state index < -0.39 is 0 Å². The number of piperazine rings is 1. The molecule has 3 rings (SSSR count). The molecule has 2 aliphatic heterocycles. The van der Waals surface area contributed by atoms with Gasteiger partial charge in [0.1, 0.15) is 5.69 Å². The molecule has 7 heteroatoms. The van der Waals surface area contributed by atoms with Crippen LogP contribution in [0.2, 0.25) is 0 Å². The maximum Gasteiger partial charge on any atom is 0.292 e. The Bertz CT molecular complexity index is 582. The van der Waals surface area contributed by atoms with E-state index in [0.717, 1.165) is 56.8 Å². The number of anilines is 1. The van der Waals surface area contributed by atoms with Gasteiger partial charge < -0.3 is 19.4 Å². The third-order valence-corrected chi connectivity index (χ3v) is 5.12. The first kappa shape index (κ1) is 18.1. The van der Waals surface area contributed by atoms with Crippen LogP contribution in [0.5, 0.6) is 0 Å². The van der Waals surface area contributed by atoms with Gasteiger partial charge in [0.05, 0.1) is 18.1 Å². The van der Waals surface area contributed by atoms with E-state index in [2.05, 4.69) is 21.7 Å². The van der Waals surface area contributed by atoms with Crippen molar-refractivity contribution >= 4 is 11.4 Å². The number of nitro groups is 1. The number of nitro benzene ring substituents is 1.